The Morgan fingerprint density at radius 1 is 1.55 bits per heavy atom. The third kappa shape index (κ3) is 2.81. The molecule has 110 valence electrons. The number of nitrogens with zero attached hydrogens (tertiary/aromatic N) is 2. The van der Waals surface area contributed by atoms with Gasteiger partial charge in [0, 0.05) is 35.9 Å². The van der Waals surface area contributed by atoms with Crippen LogP contribution in [0.4, 0.5) is 5.69 Å². The van der Waals surface area contributed by atoms with Gasteiger partial charge in [0.1, 0.15) is 0 Å². The van der Waals surface area contributed by atoms with Crippen LogP contribution >= 0.6 is 0 Å². The summed E-state index contributed by atoms with van der Waals surface area (Å²) in [7, 11) is 0. The quantitative estimate of drug-likeness (QED) is 0.671. The molecule has 20 heavy (non-hydrogen) atoms. The Kier molecular flexibility index (Phi) is 4.35. The average Bonchev–Trinajstić information content (AvgIpc) is 2.43. The van der Waals surface area contributed by atoms with Gasteiger partial charge in [-0.2, -0.15) is 0 Å². The van der Waals surface area contributed by atoms with Crippen LogP contribution in [0.5, 0.6) is 0 Å². The molecule has 0 aliphatic carbocycles. The molecular formula is C14H21N3O3. The van der Waals surface area contributed by atoms with E-state index in [1.165, 1.54) is 0 Å². The van der Waals surface area contributed by atoms with E-state index in [0.717, 1.165) is 25.1 Å². The number of aromatic nitrogens is 1. The summed E-state index contributed by atoms with van der Waals surface area (Å²) in [5, 5.41) is 11.2. The van der Waals surface area contributed by atoms with Gasteiger partial charge in [-0.1, -0.05) is 0 Å². The first-order valence-corrected chi connectivity index (χ1v) is 6.86. The third-order valence-corrected chi connectivity index (χ3v) is 4.14. The molecule has 1 aromatic heterocycles. The molecule has 0 radical (unpaired) electrons. The largest absolute Gasteiger partial charge is 0.381 e. The summed E-state index contributed by atoms with van der Waals surface area (Å²) >= 11 is 0. The Bertz CT molecular complexity index is 511. The highest BCUT2D eigenvalue weighted by molar-refractivity contribution is 5.47. The molecule has 0 saturated carbocycles. The fourth-order valence-corrected chi connectivity index (χ4v) is 2.86. The zero-order valence-corrected chi connectivity index (χ0v) is 12.0. The molecule has 0 bridgehead atoms. The first-order valence-electron chi connectivity index (χ1n) is 6.86. The van der Waals surface area contributed by atoms with E-state index < -0.39 is 0 Å². The van der Waals surface area contributed by atoms with Crippen molar-refractivity contribution in [2.75, 3.05) is 19.8 Å². The van der Waals surface area contributed by atoms with Crippen molar-refractivity contribution in [3.63, 3.8) is 0 Å². The summed E-state index contributed by atoms with van der Waals surface area (Å²) < 4.78 is 5.55. The number of nitro groups is 1. The monoisotopic (exact) mass is 279 g/mol. The lowest BCUT2D eigenvalue weighted by Crippen LogP contribution is -2.41. The normalized spacial score (nSPS) is 22.8. The zero-order chi connectivity index (χ0) is 14.8. The van der Waals surface area contributed by atoms with Gasteiger partial charge < -0.3 is 10.5 Å². The van der Waals surface area contributed by atoms with Crippen LogP contribution in [0, 0.1) is 29.4 Å². The molecule has 1 unspecified atom stereocenters. The summed E-state index contributed by atoms with van der Waals surface area (Å²) in [5.74, 6) is 0. The maximum absolute atomic E-state index is 11.2. The van der Waals surface area contributed by atoms with Crippen molar-refractivity contribution in [1.29, 1.82) is 0 Å². The highest BCUT2D eigenvalue weighted by Gasteiger charge is 2.34. The lowest BCUT2D eigenvalue weighted by atomic mass is 9.77. The Labute approximate surface area is 118 Å². The molecular weight excluding hydrogens is 258 g/mol. The van der Waals surface area contributed by atoms with E-state index in [-0.39, 0.29) is 16.0 Å². The Balaban J connectivity index is 2.33. The lowest BCUT2D eigenvalue weighted by molar-refractivity contribution is -0.386. The molecule has 6 nitrogen and oxygen atoms in total. The molecule has 0 aromatic carbocycles. The van der Waals surface area contributed by atoms with Crippen molar-refractivity contribution in [1.82, 2.24) is 4.98 Å². The first-order chi connectivity index (χ1) is 9.49. The second-order valence-electron chi connectivity index (χ2n) is 5.66. The first kappa shape index (κ1) is 14.9. The summed E-state index contributed by atoms with van der Waals surface area (Å²) in [6, 6.07) is 0. The minimum absolute atomic E-state index is 0.140. The summed E-state index contributed by atoms with van der Waals surface area (Å²) in [6.45, 7) is 5.36. The van der Waals surface area contributed by atoms with Crippen LogP contribution in [0.25, 0.3) is 0 Å². The van der Waals surface area contributed by atoms with E-state index in [2.05, 4.69) is 4.98 Å². The number of nitrogens with two attached hydrogens (primary N) is 1. The number of rotatable bonds is 4. The second kappa shape index (κ2) is 5.85. The Morgan fingerprint density at radius 2 is 2.30 bits per heavy atom. The van der Waals surface area contributed by atoms with E-state index >= 15 is 0 Å². The van der Waals surface area contributed by atoms with Crippen molar-refractivity contribution < 1.29 is 9.66 Å². The van der Waals surface area contributed by atoms with Crippen LogP contribution in [-0.2, 0) is 11.2 Å². The van der Waals surface area contributed by atoms with Gasteiger partial charge in [0.2, 0.25) is 0 Å². The Hall–Kier alpha value is -1.53. The highest BCUT2D eigenvalue weighted by atomic mass is 16.6. The Morgan fingerprint density at radius 3 is 2.85 bits per heavy atom. The molecule has 1 aromatic rings. The molecule has 0 spiro atoms. The van der Waals surface area contributed by atoms with Crippen molar-refractivity contribution in [2.45, 2.75) is 33.1 Å². The lowest BCUT2D eigenvalue weighted by Gasteiger charge is -2.36. The smallest absolute Gasteiger partial charge is 0.278 e. The molecule has 2 rings (SSSR count). The van der Waals surface area contributed by atoms with Gasteiger partial charge in [0.25, 0.3) is 5.69 Å². The van der Waals surface area contributed by atoms with Crippen molar-refractivity contribution in [3.8, 4) is 0 Å². The summed E-state index contributed by atoms with van der Waals surface area (Å²) in [4.78, 5) is 15.2. The minimum Gasteiger partial charge on any atom is -0.381 e. The summed E-state index contributed by atoms with van der Waals surface area (Å²) in [6.07, 6.45) is 4.17. The topological polar surface area (TPSA) is 91.3 Å². The maximum Gasteiger partial charge on any atom is 0.278 e. The van der Waals surface area contributed by atoms with Gasteiger partial charge in [-0.05, 0) is 33.1 Å². The predicted molar refractivity (Wildman–Crippen MR) is 75.6 cm³/mol. The van der Waals surface area contributed by atoms with E-state index in [0.29, 0.717) is 30.7 Å². The molecule has 1 aliphatic heterocycles. The van der Waals surface area contributed by atoms with Gasteiger partial charge in [0.05, 0.1) is 17.2 Å². The van der Waals surface area contributed by atoms with Crippen LogP contribution in [0.2, 0.25) is 0 Å². The fourth-order valence-electron chi connectivity index (χ4n) is 2.86. The number of pyridine rings is 1. The number of hydrogen-bond acceptors (Lipinski definition) is 5. The van der Waals surface area contributed by atoms with E-state index in [9.17, 15) is 10.1 Å². The van der Waals surface area contributed by atoms with Crippen LogP contribution in [0.1, 0.15) is 29.7 Å². The summed E-state index contributed by atoms with van der Waals surface area (Å²) in [5.41, 5.74) is 7.95. The highest BCUT2D eigenvalue weighted by Crippen LogP contribution is 2.34. The third-order valence-electron chi connectivity index (χ3n) is 4.14. The van der Waals surface area contributed by atoms with Crippen LogP contribution in [-0.4, -0.2) is 29.7 Å². The van der Waals surface area contributed by atoms with Gasteiger partial charge in [-0.25, -0.2) is 0 Å². The molecule has 2 heterocycles. The van der Waals surface area contributed by atoms with Crippen molar-refractivity contribution >= 4 is 5.69 Å². The zero-order valence-electron chi connectivity index (χ0n) is 12.0. The molecule has 1 saturated heterocycles. The van der Waals surface area contributed by atoms with Gasteiger partial charge in [-0.3, -0.25) is 15.1 Å². The van der Waals surface area contributed by atoms with Gasteiger partial charge in [-0.15, -0.1) is 0 Å². The van der Waals surface area contributed by atoms with Gasteiger partial charge in [0.15, 0.2) is 0 Å². The molecule has 0 amide bonds. The number of hydrogen-bond donors (Lipinski definition) is 1. The van der Waals surface area contributed by atoms with E-state index in [1.807, 2.05) is 0 Å². The van der Waals surface area contributed by atoms with E-state index in [4.69, 9.17) is 10.5 Å². The maximum atomic E-state index is 11.2. The SMILES string of the molecule is Cc1cnc(CC2(CN)CCCOC2)c(C)c1[N+](=O)[O-]. The van der Waals surface area contributed by atoms with Gasteiger partial charge >= 0.3 is 0 Å². The molecule has 1 fully saturated rings. The average molecular weight is 279 g/mol. The second-order valence-corrected chi connectivity index (χ2v) is 5.66. The van der Waals surface area contributed by atoms with Crippen LogP contribution in [0.3, 0.4) is 0 Å². The number of aryl methyl sites for hydroxylation is 1. The molecule has 6 heteroatoms. The minimum atomic E-state index is -0.331. The standard InChI is InChI=1S/C14H21N3O3/c1-10-7-16-12(11(2)13(10)17(18)19)6-14(8-15)4-3-5-20-9-14/h7H,3-6,8-9,15H2,1-2H3. The molecule has 1 aliphatic rings. The fraction of sp³-hybridized carbons (Fsp3) is 0.643. The van der Waals surface area contributed by atoms with Crippen LogP contribution in [0.15, 0.2) is 6.20 Å². The molecule has 2 N–H and O–H groups in total. The predicted octanol–water partition coefficient (Wildman–Crippen LogP) is 1.90. The van der Waals surface area contributed by atoms with Crippen molar-refractivity contribution in [2.24, 2.45) is 11.1 Å². The van der Waals surface area contributed by atoms with E-state index in [1.54, 1.807) is 20.0 Å². The number of ether oxygens (including phenoxy) is 1. The molecule has 1 atom stereocenters. The van der Waals surface area contributed by atoms with Crippen LogP contribution < -0.4 is 5.73 Å². The van der Waals surface area contributed by atoms with Crippen molar-refractivity contribution in [3.05, 3.63) is 33.1 Å².